The van der Waals surface area contributed by atoms with Gasteiger partial charge in [0.1, 0.15) is 59.7 Å². The molecule has 0 saturated carbocycles. The smallest absolute Gasteiger partial charge is 0.246 e. The number of ether oxygens (including phenoxy) is 1. The number of aromatic nitrogens is 1. The number of rotatable bonds is 15. The molecule has 3 aliphatic heterocycles. The Bertz CT molecular complexity index is 3010. The zero-order valence-electron chi connectivity index (χ0n) is 47.3. The average molecular weight is 1190 g/mol. The third kappa shape index (κ3) is 16.6. The van der Waals surface area contributed by atoms with Gasteiger partial charge >= 0.3 is 0 Å². The summed E-state index contributed by atoms with van der Waals surface area (Å²) in [6.07, 6.45) is -4.59. The number of anilines is 1. The number of aliphatic hydroxyl groups excluding tert-OH is 3. The number of aromatic amines is 1. The SMILES string of the molecule is CC[C@H](C)[C@@H]1NC(=O)CNC(=O)C2Cc3c([nH]c4cc(OCc5ccc(NC(=O)[C@H](C)NC(=O)C(N)C(C)C)cc5)ccc34)[S@](=O)CC(NC(=O)CNC1=O)C(=O)N[C@@H](CC(N)=O)C(=O)N1C[C@H](O)C[C@H]1C(=O)N[C@@H]([C@@H](C)[C@@H](O)CO)C(=O)N2. The Kier molecular flexibility index (Phi) is 22.4. The first kappa shape index (κ1) is 65.1. The summed E-state index contributed by atoms with van der Waals surface area (Å²) in [6, 6.07) is -0.673. The van der Waals surface area contributed by atoms with Crippen LogP contribution in [0.1, 0.15) is 71.9 Å². The van der Waals surface area contributed by atoms with Crippen LogP contribution in [-0.4, -0.2) is 187 Å². The van der Waals surface area contributed by atoms with Crippen LogP contribution in [0, 0.1) is 17.8 Å². The lowest BCUT2D eigenvalue weighted by Crippen LogP contribution is -2.62. The number of nitrogens with zero attached hydrogens (tertiary/aromatic N) is 1. The minimum Gasteiger partial charge on any atom is -0.489 e. The Morgan fingerprint density at radius 2 is 1.48 bits per heavy atom. The Labute approximate surface area is 485 Å². The van der Waals surface area contributed by atoms with Gasteiger partial charge in [-0.3, -0.25) is 56.9 Å². The first-order chi connectivity index (χ1) is 39.7. The number of aliphatic hydroxyl groups is 3. The minimum atomic E-state index is -2.45. The first-order valence-corrected chi connectivity index (χ1v) is 28.7. The summed E-state index contributed by atoms with van der Waals surface area (Å²) in [5.74, 6) is -12.9. The molecule has 6 rings (SSSR count). The molecule has 11 amide bonds. The molecule has 17 N–H and O–H groups in total. The number of hydrogen-bond donors (Lipinski definition) is 15. The van der Waals surface area contributed by atoms with Crippen molar-refractivity contribution in [1.29, 1.82) is 0 Å². The molecule has 3 aromatic rings. The van der Waals surface area contributed by atoms with Crippen LogP contribution in [-0.2, 0) is 76.6 Å². The number of fused-ring (bicyclic) bond motifs is 5. The molecule has 30 heteroatoms. The lowest BCUT2D eigenvalue weighted by molar-refractivity contribution is -0.144. The summed E-state index contributed by atoms with van der Waals surface area (Å²) in [4.78, 5) is 155. The van der Waals surface area contributed by atoms with Crippen molar-refractivity contribution in [3.8, 4) is 5.75 Å². The van der Waals surface area contributed by atoms with Gasteiger partial charge in [0.2, 0.25) is 65.0 Å². The van der Waals surface area contributed by atoms with Crippen LogP contribution in [0.15, 0.2) is 47.5 Å². The Morgan fingerprint density at radius 1 is 0.810 bits per heavy atom. The maximum Gasteiger partial charge on any atom is 0.246 e. The van der Waals surface area contributed by atoms with Gasteiger partial charge < -0.3 is 89.3 Å². The van der Waals surface area contributed by atoms with Gasteiger partial charge in [-0.05, 0) is 54.2 Å². The van der Waals surface area contributed by atoms with E-state index < -0.39 is 199 Å². The van der Waals surface area contributed by atoms with Crippen LogP contribution in [0.4, 0.5) is 5.69 Å². The number of carbonyl (C=O) groups excluding carboxylic acids is 11. The van der Waals surface area contributed by atoms with Gasteiger partial charge in [-0.2, -0.15) is 0 Å². The highest BCUT2D eigenvalue weighted by atomic mass is 32.2. The van der Waals surface area contributed by atoms with Crippen LogP contribution in [0.25, 0.3) is 10.9 Å². The molecule has 1 aromatic heterocycles. The largest absolute Gasteiger partial charge is 0.489 e. The Balaban J connectivity index is 1.44. The second-order valence-electron chi connectivity index (χ2n) is 21.6. The number of nitrogens with two attached hydrogens (primary N) is 2. The van der Waals surface area contributed by atoms with E-state index in [0.29, 0.717) is 17.7 Å². The first-order valence-electron chi connectivity index (χ1n) is 27.4. The van der Waals surface area contributed by atoms with Gasteiger partial charge in [-0.25, -0.2) is 0 Å². The van der Waals surface area contributed by atoms with Gasteiger partial charge in [-0.15, -0.1) is 0 Å². The molecule has 1 saturated heterocycles. The topological polar surface area (TPSA) is 454 Å². The van der Waals surface area contributed by atoms with Crippen molar-refractivity contribution in [1.82, 2.24) is 52.4 Å². The van der Waals surface area contributed by atoms with Gasteiger partial charge in [0.15, 0.2) is 0 Å². The normalized spacial score (nSPS) is 25.2. The van der Waals surface area contributed by atoms with Crippen LogP contribution in [0.2, 0.25) is 0 Å². The van der Waals surface area contributed by atoms with E-state index in [9.17, 15) is 68.1 Å². The monoisotopic (exact) mass is 1190 g/mol. The molecule has 2 bridgehead atoms. The molecule has 1 fully saturated rings. The molecule has 3 aliphatic rings. The molecule has 4 heterocycles. The lowest BCUT2D eigenvalue weighted by Gasteiger charge is -2.32. The molecule has 13 atom stereocenters. The number of carbonyl (C=O) groups is 11. The number of hydrogen-bond acceptors (Lipinski definition) is 17. The second-order valence-corrected chi connectivity index (χ2v) is 23.0. The van der Waals surface area contributed by atoms with Crippen LogP contribution in [0.5, 0.6) is 5.75 Å². The van der Waals surface area contributed by atoms with E-state index in [2.05, 4.69) is 52.8 Å². The standard InChI is InChI=1S/C54H75N13O16S/c1-7-25(4)44-51(79)58-18-41(72)61-37-23-84(82)53-33(32-13-12-31(15-34(32)64-53)83-22-28-8-10-29(11-9-28)60-46(74)27(6)59-50(78)43(56)24(2)3)16-35(47(75)57-19-42(73)65-44)62-52(80)45(26(5)39(70)21-68)66-49(77)38-14-30(69)20-67(38)54(81)36(17-40(55)71)63-48(37)76/h8-13,15,24-27,30,35-39,43-45,64,68-70H,7,14,16-23,56H2,1-6H3,(H2,55,71)(H,57,75)(H,58,79)(H,59,78)(H,60,74)(H,61,72)(H,62,80)(H,63,76)(H,65,73)(H,66,77)/t25-,26-,27-,30+,35?,36-,37?,38-,39-,43?,44-,45-,84+/m0/s1. The van der Waals surface area contributed by atoms with Gasteiger partial charge in [0, 0.05) is 42.4 Å². The number of amides is 11. The molecule has 0 spiro atoms. The highest BCUT2D eigenvalue weighted by Gasteiger charge is 2.45. The number of nitrogens with one attached hydrogen (secondary N) is 10. The molecule has 29 nitrogen and oxygen atoms in total. The fourth-order valence-electron chi connectivity index (χ4n) is 9.56. The van der Waals surface area contributed by atoms with E-state index in [1.165, 1.54) is 26.0 Å². The fourth-order valence-corrected chi connectivity index (χ4v) is 11.0. The third-order valence-corrected chi connectivity index (χ3v) is 16.4. The van der Waals surface area contributed by atoms with Crippen molar-refractivity contribution in [3.63, 3.8) is 0 Å². The summed E-state index contributed by atoms with van der Waals surface area (Å²) < 4.78 is 21.2. The molecule has 3 unspecified atom stereocenters. The molecule has 0 radical (unpaired) electrons. The predicted octanol–water partition coefficient (Wildman–Crippen LogP) is -4.62. The highest BCUT2D eigenvalue weighted by Crippen LogP contribution is 2.31. The average Bonchev–Trinajstić information content (AvgIpc) is 2.40. The van der Waals surface area contributed by atoms with E-state index in [4.69, 9.17) is 16.2 Å². The van der Waals surface area contributed by atoms with Crippen molar-refractivity contribution in [3.05, 3.63) is 53.6 Å². The number of benzene rings is 2. The van der Waals surface area contributed by atoms with Crippen molar-refractivity contribution >= 4 is 92.4 Å². The minimum absolute atomic E-state index is 0.0258. The Hall–Kier alpha value is -8.06. The maximum atomic E-state index is 15.1. The van der Waals surface area contributed by atoms with Crippen molar-refractivity contribution in [2.75, 3.05) is 37.3 Å². The van der Waals surface area contributed by atoms with Crippen molar-refractivity contribution in [2.45, 2.75) is 139 Å². The van der Waals surface area contributed by atoms with Gasteiger partial charge in [0.05, 0.1) is 66.4 Å². The second kappa shape index (κ2) is 29.0. The summed E-state index contributed by atoms with van der Waals surface area (Å²) >= 11 is 0. The predicted molar refractivity (Wildman–Crippen MR) is 300 cm³/mol. The quantitative estimate of drug-likeness (QED) is 0.0681. The highest BCUT2D eigenvalue weighted by molar-refractivity contribution is 7.85. The fraction of sp³-hybridized carbons (Fsp3) is 0.537. The van der Waals surface area contributed by atoms with Gasteiger partial charge in [0.25, 0.3) is 0 Å². The zero-order valence-corrected chi connectivity index (χ0v) is 48.1. The third-order valence-electron chi connectivity index (χ3n) is 14.9. The zero-order chi connectivity index (χ0) is 61.9. The van der Waals surface area contributed by atoms with Crippen molar-refractivity contribution < 1.29 is 77.0 Å². The van der Waals surface area contributed by atoms with E-state index in [1.54, 1.807) is 58.0 Å². The van der Waals surface area contributed by atoms with E-state index >= 15 is 4.21 Å². The molecular weight excluding hydrogens is 1120 g/mol. The van der Waals surface area contributed by atoms with Crippen LogP contribution in [0.3, 0.4) is 0 Å². The molecule has 458 valence electrons. The van der Waals surface area contributed by atoms with E-state index in [1.807, 2.05) is 0 Å². The molecular formula is C54H75N13O16S. The van der Waals surface area contributed by atoms with E-state index in [0.717, 1.165) is 4.90 Å². The lowest BCUT2D eigenvalue weighted by atomic mass is 9.93. The molecule has 2 aromatic carbocycles. The Morgan fingerprint density at radius 3 is 2.12 bits per heavy atom. The van der Waals surface area contributed by atoms with Crippen LogP contribution >= 0.6 is 0 Å². The molecule has 84 heavy (non-hydrogen) atoms. The maximum absolute atomic E-state index is 15.1. The summed E-state index contributed by atoms with van der Waals surface area (Å²) in [5, 5.41) is 54.5. The number of H-pyrrole nitrogens is 1. The van der Waals surface area contributed by atoms with Crippen LogP contribution < -0.4 is 64.1 Å². The summed E-state index contributed by atoms with van der Waals surface area (Å²) in [5.41, 5.74) is 12.8. The number of primary amides is 1. The van der Waals surface area contributed by atoms with Crippen molar-refractivity contribution in [2.24, 2.45) is 29.2 Å². The summed E-state index contributed by atoms with van der Waals surface area (Å²) in [6.45, 7) is 6.70. The summed E-state index contributed by atoms with van der Waals surface area (Å²) in [7, 11) is -2.45. The van der Waals surface area contributed by atoms with E-state index in [-0.39, 0.29) is 39.8 Å². The van der Waals surface area contributed by atoms with Gasteiger partial charge in [-0.1, -0.05) is 53.2 Å². The molecule has 0 aliphatic carbocycles.